The van der Waals surface area contributed by atoms with Crippen LogP contribution in [0.5, 0.6) is 5.75 Å². The van der Waals surface area contributed by atoms with Crippen molar-refractivity contribution in [3.63, 3.8) is 0 Å². The number of aromatic nitrogens is 3. The fourth-order valence-corrected chi connectivity index (χ4v) is 2.52. The van der Waals surface area contributed by atoms with Crippen molar-refractivity contribution in [3.8, 4) is 11.8 Å². The molecule has 8 heteroatoms. The molecular weight excluding hydrogens is 306 g/mol. The maximum absolute atomic E-state index is 12.5. The van der Waals surface area contributed by atoms with Crippen LogP contribution in [0, 0.1) is 11.3 Å². The zero-order chi connectivity index (χ0) is 15.7. The SMILES string of the molecule is C[C@H]1CN(C(=O)Cn2cnc(C#N)n2)c2cccc(Cl)c2O1. The van der Waals surface area contributed by atoms with Gasteiger partial charge in [-0.15, -0.1) is 5.10 Å². The lowest BCUT2D eigenvalue weighted by Crippen LogP contribution is -2.43. The highest BCUT2D eigenvalue weighted by Gasteiger charge is 2.29. The monoisotopic (exact) mass is 317 g/mol. The van der Waals surface area contributed by atoms with Gasteiger partial charge in [-0.1, -0.05) is 17.7 Å². The summed E-state index contributed by atoms with van der Waals surface area (Å²) in [6, 6.07) is 7.10. The Morgan fingerprint density at radius 3 is 3.14 bits per heavy atom. The number of fused-ring (bicyclic) bond motifs is 1. The topological polar surface area (TPSA) is 84.0 Å². The number of nitrogens with zero attached hydrogens (tertiary/aromatic N) is 5. The molecule has 2 aromatic rings. The predicted molar refractivity (Wildman–Crippen MR) is 78.6 cm³/mol. The van der Waals surface area contributed by atoms with E-state index in [4.69, 9.17) is 21.6 Å². The highest BCUT2D eigenvalue weighted by Crippen LogP contribution is 2.39. The molecule has 0 aliphatic carbocycles. The predicted octanol–water partition coefficient (Wildman–Crippen LogP) is 1.62. The van der Waals surface area contributed by atoms with E-state index >= 15 is 0 Å². The molecule has 7 nitrogen and oxygen atoms in total. The number of para-hydroxylation sites is 1. The Morgan fingerprint density at radius 1 is 1.59 bits per heavy atom. The van der Waals surface area contributed by atoms with Gasteiger partial charge in [0, 0.05) is 0 Å². The van der Waals surface area contributed by atoms with Gasteiger partial charge in [0.2, 0.25) is 5.91 Å². The Morgan fingerprint density at radius 2 is 2.41 bits per heavy atom. The first-order chi connectivity index (χ1) is 10.6. The van der Waals surface area contributed by atoms with E-state index < -0.39 is 0 Å². The van der Waals surface area contributed by atoms with Crippen molar-refractivity contribution < 1.29 is 9.53 Å². The van der Waals surface area contributed by atoms with Crippen LogP contribution in [0.1, 0.15) is 12.7 Å². The summed E-state index contributed by atoms with van der Waals surface area (Å²) in [4.78, 5) is 17.9. The van der Waals surface area contributed by atoms with Crippen LogP contribution in [0.25, 0.3) is 0 Å². The van der Waals surface area contributed by atoms with Crippen LogP contribution < -0.4 is 9.64 Å². The third-order valence-electron chi connectivity index (χ3n) is 3.23. The first-order valence-corrected chi connectivity index (χ1v) is 7.01. The van der Waals surface area contributed by atoms with Gasteiger partial charge in [0.05, 0.1) is 17.3 Å². The number of rotatable bonds is 2. The van der Waals surface area contributed by atoms with E-state index in [-0.39, 0.29) is 24.4 Å². The molecule has 0 spiro atoms. The molecule has 1 aromatic heterocycles. The first kappa shape index (κ1) is 14.4. The third-order valence-corrected chi connectivity index (χ3v) is 3.53. The molecule has 0 saturated carbocycles. The van der Waals surface area contributed by atoms with Gasteiger partial charge < -0.3 is 9.64 Å². The number of halogens is 1. The maximum Gasteiger partial charge on any atom is 0.252 e. The fraction of sp³-hybridized carbons (Fsp3) is 0.286. The molecule has 1 aliphatic rings. The van der Waals surface area contributed by atoms with Crippen molar-refractivity contribution in [1.82, 2.24) is 14.8 Å². The Kier molecular flexibility index (Phi) is 3.69. The molecule has 0 radical (unpaired) electrons. The van der Waals surface area contributed by atoms with Gasteiger partial charge in [-0.25, -0.2) is 9.67 Å². The van der Waals surface area contributed by atoms with Crippen LogP contribution >= 0.6 is 11.6 Å². The minimum Gasteiger partial charge on any atom is -0.485 e. The number of benzene rings is 1. The van der Waals surface area contributed by atoms with Gasteiger partial charge in [-0.3, -0.25) is 4.79 Å². The number of amides is 1. The summed E-state index contributed by atoms with van der Waals surface area (Å²) < 4.78 is 7.05. The Balaban J connectivity index is 1.87. The number of carbonyl (C=O) groups is 1. The fourth-order valence-electron chi connectivity index (χ4n) is 2.30. The van der Waals surface area contributed by atoms with Gasteiger partial charge in [0.25, 0.3) is 5.82 Å². The van der Waals surface area contributed by atoms with Crippen molar-refractivity contribution in [2.24, 2.45) is 0 Å². The van der Waals surface area contributed by atoms with Crippen LogP contribution in [0.3, 0.4) is 0 Å². The summed E-state index contributed by atoms with van der Waals surface area (Å²) in [6.07, 6.45) is 1.20. The summed E-state index contributed by atoms with van der Waals surface area (Å²) in [5.41, 5.74) is 0.635. The van der Waals surface area contributed by atoms with E-state index in [9.17, 15) is 4.79 Å². The summed E-state index contributed by atoms with van der Waals surface area (Å²) in [5.74, 6) is 0.368. The smallest absolute Gasteiger partial charge is 0.252 e. The lowest BCUT2D eigenvalue weighted by Gasteiger charge is -2.33. The van der Waals surface area contributed by atoms with Gasteiger partial charge >= 0.3 is 0 Å². The van der Waals surface area contributed by atoms with Gasteiger partial charge in [-0.05, 0) is 19.1 Å². The Hall–Kier alpha value is -2.59. The number of carbonyl (C=O) groups excluding carboxylic acids is 1. The van der Waals surface area contributed by atoms with Crippen molar-refractivity contribution in [3.05, 3.63) is 35.4 Å². The van der Waals surface area contributed by atoms with Gasteiger partial charge in [0.1, 0.15) is 25.0 Å². The molecule has 0 bridgehead atoms. The van der Waals surface area contributed by atoms with E-state index in [0.717, 1.165) is 0 Å². The second kappa shape index (κ2) is 5.66. The summed E-state index contributed by atoms with van der Waals surface area (Å²) in [7, 11) is 0. The molecule has 1 amide bonds. The quantitative estimate of drug-likeness (QED) is 0.840. The normalized spacial score (nSPS) is 16.6. The van der Waals surface area contributed by atoms with E-state index in [1.165, 1.54) is 11.0 Å². The van der Waals surface area contributed by atoms with E-state index in [2.05, 4.69) is 10.1 Å². The lowest BCUT2D eigenvalue weighted by molar-refractivity contribution is -0.119. The molecule has 112 valence electrons. The minimum atomic E-state index is -0.173. The highest BCUT2D eigenvalue weighted by atomic mass is 35.5. The number of hydrogen-bond acceptors (Lipinski definition) is 5. The molecule has 1 aliphatic heterocycles. The third kappa shape index (κ3) is 2.61. The number of nitriles is 1. The molecule has 0 fully saturated rings. The molecule has 2 heterocycles. The molecule has 0 saturated heterocycles. The first-order valence-electron chi connectivity index (χ1n) is 6.63. The Bertz CT molecular complexity index is 767. The van der Waals surface area contributed by atoms with Crippen molar-refractivity contribution >= 4 is 23.2 Å². The Labute approximate surface area is 131 Å². The number of hydrogen-bond donors (Lipinski definition) is 0. The molecular formula is C14H12ClN5O2. The second-order valence-corrected chi connectivity index (χ2v) is 5.31. The standard InChI is InChI=1S/C14H12ClN5O2/c1-9-6-20(11-4-2-3-10(15)14(11)22-9)13(21)7-19-8-17-12(5-16)18-19/h2-4,8-9H,6-7H2,1H3/t9-/m0/s1. The van der Waals surface area contributed by atoms with Gasteiger partial charge in [-0.2, -0.15) is 5.26 Å². The largest absolute Gasteiger partial charge is 0.485 e. The molecule has 1 atom stereocenters. The van der Waals surface area contributed by atoms with E-state index in [1.54, 1.807) is 23.1 Å². The molecule has 1 aromatic carbocycles. The minimum absolute atomic E-state index is 0.00659. The summed E-state index contributed by atoms with van der Waals surface area (Å²) >= 11 is 6.13. The average molecular weight is 318 g/mol. The molecule has 3 rings (SSSR count). The average Bonchev–Trinajstić information content (AvgIpc) is 2.95. The van der Waals surface area contributed by atoms with Crippen LogP contribution in [-0.2, 0) is 11.3 Å². The summed E-state index contributed by atoms with van der Waals surface area (Å²) in [6.45, 7) is 2.29. The van der Waals surface area contributed by atoms with Crippen LogP contribution in [-0.4, -0.2) is 33.3 Å². The lowest BCUT2D eigenvalue weighted by atomic mass is 10.2. The van der Waals surface area contributed by atoms with Crippen LogP contribution in [0.4, 0.5) is 5.69 Å². The van der Waals surface area contributed by atoms with Crippen LogP contribution in [0.15, 0.2) is 24.5 Å². The molecule has 0 N–H and O–H groups in total. The molecule has 0 unspecified atom stereocenters. The van der Waals surface area contributed by atoms with E-state index in [0.29, 0.717) is 23.0 Å². The number of ether oxygens (including phenoxy) is 1. The van der Waals surface area contributed by atoms with Crippen LogP contribution in [0.2, 0.25) is 5.02 Å². The molecule has 22 heavy (non-hydrogen) atoms. The zero-order valence-electron chi connectivity index (χ0n) is 11.7. The zero-order valence-corrected chi connectivity index (χ0v) is 12.5. The van der Waals surface area contributed by atoms with Crippen molar-refractivity contribution in [1.29, 1.82) is 5.26 Å². The maximum atomic E-state index is 12.5. The second-order valence-electron chi connectivity index (χ2n) is 4.90. The summed E-state index contributed by atoms with van der Waals surface area (Å²) in [5, 5.41) is 13.1. The van der Waals surface area contributed by atoms with Gasteiger partial charge in [0.15, 0.2) is 5.75 Å². The van der Waals surface area contributed by atoms with Crippen molar-refractivity contribution in [2.45, 2.75) is 19.6 Å². The highest BCUT2D eigenvalue weighted by molar-refractivity contribution is 6.32. The number of anilines is 1. The van der Waals surface area contributed by atoms with Crippen molar-refractivity contribution in [2.75, 3.05) is 11.4 Å². The van der Waals surface area contributed by atoms with E-state index in [1.807, 2.05) is 13.0 Å².